The van der Waals surface area contributed by atoms with Crippen LogP contribution in [0.1, 0.15) is 25.3 Å². The first-order valence-corrected chi connectivity index (χ1v) is 5.28. The molecule has 15 heavy (non-hydrogen) atoms. The van der Waals surface area contributed by atoms with Crippen LogP contribution in [0.2, 0.25) is 0 Å². The standard InChI is InChI=1S/C12H15F2N/c1-12(4-6-15-7-5-12)10-8-9(13)2-3-11(10)14/h2-3,8,15H,4-7H2,1H3. The Bertz CT molecular complexity index is 357. The molecule has 0 unspecified atom stereocenters. The van der Waals surface area contributed by atoms with Gasteiger partial charge in [-0.25, -0.2) is 8.78 Å². The molecule has 1 aromatic carbocycles. The first-order chi connectivity index (χ1) is 7.12. The van der Waals surface area contributed by atoms with E-state index >= 15 is 0 Å². The number of nitrogens with one attached hydrogen (secondary N) is 1. The zero-order valence-electron chi connectivity index (χ0n) is 8.82. The van der Waals surface area contributed by atoms with Crippen LogP contribution in [0.15, 0.2) is 18.2 Å². The van der Waals surface area contributed by atoms with Gasteiger partial charge in [0.1, 0.15) is 11.6 Å². The predicted octanol–water partition coefficient (Wildman–Crippen LogP) is 2.61. The third-order valence-corrected chi connectivity index (χ3v) is 3.29. The Balaban J connectivity index is 2.38. The molecule has 3 heteroatoms. The zero-order valence-corrected chi connectivity index (χ0v) is 8.82. The van der Waals surface area contributed by atoms with Gasteiger partial charge in [-0.1, -0.05) is 6.92 Å². The third-order valence-electron chi connectivity index (χ3n) is 3.29. The number of benzene rings is 1. The van der Waals surface area contributed by atoms with Crippen molar-refractivity contribution < 1.29 is 8.78 Å². The van der Waals surface area contributed by atoms with Crippen molar-refractivity contribution in [2.24, 2.45) is 0 Å². The minimum atomic E-state index is -0.355. The lowest BCUT2D eigenvalue weighted by Gasteiger charge is -2.34. The molecule has 1 aliphatic rings. The van der Waals surface area contributed by atoms with E-state index in [1.807, 2.05) is 6.92 Å². The lowest BCUT2D eigenvalue weighted by atomic mass is 9.75. The van der Waals surface area contributed by atoms with Crippen molar-refractivity contribution in [3.63, 3.8) is 0 Å². The van der Waals surface area contributed by atoms with Crippen molar-refractivity contribution in [3.05, 3.63) is 35.4 Å². The quantitative estimate of drug-likeness (QED) is 0.753. The fraction of sp³-hybridized carbons (Fsp3) is 0.500. The lowest BCUT2D eigenvalue weighted by Crippen LogP contribution is -2.38. The highest BCUT2D eigenvalue weighted by atomic mass is 19.1. The Hall–Kier alpha value is -0.960. The first-order valence-electron chi connectivity index (χ1n) is 5.28. The summed E-state index contributed by atoms with van der Waals surface area (Å²) in [5.41, 5.74) is 0.293. The Morgan fingerprint density at radius 2 is 1.87 bits per heavy atom. The van der Waals surface area contributed by atoms with Crippen LogP contribution in [0.4, 0.5) is 8.78 Å². The van der Waals surface area contributed by atoms with Crippen molar-refractivity contribution >= 4 is 0 Å². The second kappa shape index (κ2) is 3.89. The molecule has 0 amide bonds. The fourth-order valence-corrected chi connectivity index (χ4v) is 2.21. The van der Waals surface area contributed by atoms with Crippen LogP contribution >= 0.6 is 0 Å². The van der Waals surface area contributed by atoms with Crippen molar-refractivity contribution in [2.75, 3.05) is 13.1 Å². The molecule has 1 N–H and O–H groups in total. The summed E-state index contributed by atoms with van der Waals surface area (Å²) in [5.74, 6) is -0.646. The van der Waals surface area contributed by atoms with Crippen molar-refractivity contribution in [2.45, 2.75) is 25.2 Å². The molecule has 1 saturated heterocycles. The van der Waals surface area contributed by atoms with Gasteiger partial charge in [-0.2, -0.15) is 0 Å². The minimum absolute atomic E-state index is 0.225. The van der Waals surface area contributed by atoms with E-state index in [4.69, 9.17) is 0 Å². The van der Waals surface area contributed by atoms with Gasteiger partial charge in [-0.3, -0.25) is 0 Å². The average molecular weight is 211 g/mol. The molecule has 0 aromatic heterocycles. The largest absolute Gasteiger partial charge is 0.317 e. The smallest absolute Gasteiger partial charge is 0.127 e. The van der Waals surface area contributed by atoms with Gasteiger partial charge in [0.15, 0.2) is 0 Å². The molecule has 0 atom stereocenters. The van der Waals surface area contributed by atoms with Gasteiger partial charge in [0.2, 0.25) is 0 Å². The van der Waals surface area contributed by atoms with Gasteiger partial charge < -0.3 is 5.32 Å². The van der Waals surface area contributed by atoms with Crippen molar-refractivity contribution in [3.8, 4) is 0 Å². The zero-order chi connectivity index (χ0) is 10.9. The average Bonchev–Trinajstić information content (AvgIpc) is 2.23. The van der Waals surface area contributed by atoms with E-state index in [0.29, 0.717) is 5.56 Å². The summed E-state index contributed by atoms with van der Waals surface area (Å²) < 4.78 is 26.7. The maximum absolute atomic E-state index is 13.6. The molecule has 0 radical (unpaired) electrons. The van der Waals surface area contributed by atoms with E-state index in [0.717, 1.165) is 25.9 Å². The van der Waals surface area contributed by atoms with E-state index in [1.165, 1.54) is 18.2 Å². The van der Waals surface area contributed by atoms with Gasteiger partial charge in [0, 0.05) is 0 Å². The first kappa shape index (κ1) is 10.6. The lowest BCUT2D eigenvalue weighted by molar-refractivity contribution is 0.323. The molecule has 0 aliphatic carbocycles. The second-order valence-electron chi connectivity index (χ2n) is 4.43. The van der Waals surface area contributed by atoms with Crippen LogP contribution in [-0.4, -0.2) is 13.1 Å². The normalized spacial score (nSPS) is 20.2. The van der Waals surface area contributed by atoms with Crippen LogP contribution in [0, 0.1) is 11.6 Å². The van der Waals surface area contributed by atoms with Gasteiger partial charge in [-0.05, 0) is 55.1 Å². The summed E-state index contributed by atoms with van der Waals surface area (Å²) in [6.07, 6.45) is 1.71. The van der Waals surface area contributed by atoms with Crippen LogP contribution in [-0.2, 0) is 5.41 Å². The highest BCUT2D eigenvalue weighted by molar-refractivity contribution is 5.27. The van der Waals surface area contributed by atoms with Gasteiger partial charge >= 0.3 is 0 Å². The topological polar surface area (TPSA) is 12.0 Å². The molecule has 1 fully saturated rings. The van der Waals surface area contributed by atoms with E-state index in [-0.39, 0.29) is 17.0 Å². The fourth-order valence-electron chi connectivity index (χ4n) is 2.21. The van der Waals surface area contributed by atoms with E-state index < -0.39 is 0 Å². The molecule has 1 heterocycles. The Labute approximate surface area is 88.5 Å². The monoisotopic (exact) mass is 211 g/mol. The van der Waals surface area contributed by atoms with Gasteiger partial charge in [0.05, 0.1) is 0 Å². The number of halogens is 2. The molecule has 0 saturated carbocycles. The Morgan fingerprint density at radius 1 is 1.20 bits per heavy atom. The van der Waals surface area contributed by atoms with Crippen LogP contribution in [0.3, 0.4) is 0 Å². The minimum Gasteiger partial charge on any atom is -0.317 e. The third kappa shape index (κ3) is 2.02. The van der Waals surface area contributed by atoms with Crippen LogP contribution in [0.25, 0.3) is 0 Å². The van der Waals surface area contributed by atoms with E-state index in [2.05, 4.69) is 5.32 Å². The van der Waals surface area contributed by atoms with Crippen LogP contribution in [0.5, 0.6) is 0 Å². The summed E-state index contributed by atoms with van der Waals surface area (Å²) in [5, 5.41) is 3.23. The molecule has 1 aromatic rings. The number of rotatable bonds is 1. The van der Waals surface area contributed by atoms with Gasteiger partial charge in [-0.15, -0.1) is 0 Å². The number of hydrogen-bond acceptors (Lipinski definition) is 1. The Morgan fingerprint density at radius 3 is 2.53 bits per heavy atom. The van der Waals surface area contributed by atoms with Gasteiger partial charge in [0.25, 0.3) is 0 Å². The van der Waals surface area contributed by atoms with Crippen molar-refractivity contribution in [1.82, 2.24) is 5.32 Å². The van der Waals surface area contributed by atoms with Crippen LogP contribution < -0.4 is 5.32 Å². The predicted molar refractivity (Wildman–Crippen MR) is 55.8 cm³/mol. The summed E-state index contributed by atoms with van der Waals surface area (Å²) in [6, 6.07) is 3.72. The van der Waals surface area contributed by atoms with E-state index in [9.17, 15) is 8.78 Å². The molecular formula is C12H15F2N. The molecule has 0 bridgehead atoms. The summed E-state index contributed by atoms with van der Waals surface area (Å²) in [4.78, 5) is 0. The maximum atomic E-state index is 13.6. The maximum Gasteiger partial charge on any atom is 0.127 e. The highest BCUT2D eigenvalue weighted by Gasteiger charge is 2.31. The molecule has 1 aliphatic heterocycles. The molecule has 82 valence electrons. The summed E-state index contributed by atoms with van der Waals surface area (Å²) in [6.45, 7) is 3.74. The SMILES string of the molecule is CC1(c2cc(F)ccc2F)CCNCC1. The summed E-state index contributed by atoms with van der Waals surface area (Å²) >= 11 is 0. The molecular weight excluding hydrogens is 196 g/mol. The van der Waals surface area contributed by atoms with E-state index in [1.54, 1.807) is 0 Å². The highest BCUT2D eigenvalue weighted by Crippen LogP contribution is 2.34. The van der Waals surface area contributed by atoms with Crippen molar-refractivity contribution in [1.29, 1.82) is 0 Å². The second-order valence-corrected chi connectivity index (χ2v) is 4.43. The molecule has 2 rings (SSSR count). The number of piperidine rings is 1. The molecule has 1 nitrogen and oxygen atoms in total. The summed E-state index contributed by atoms with van der Waals surface area (Å²) in [7, 11) is 0. The molecule has 0 spiro atoms. The Kier molecular flexibility index (Phi) is 2.74. The number of hydrogen-bond donors (Lipinski definition) is 1.